The van der Waals surface area contributed by atoms with Gasteiger partial charge in [0, 0.05) is 17.3 Å². The van der Waals surface area contributed by atoms with Gasteiger partial charge < -0.3 is 19.8 Å². The second-order valence-electron chi connectivity index (χ2n) is 2.69. The van der Waals surface area contributed by atoms with E-state index in [1.54, 1.807) is 0 Å². The van der Waals surface area contributed by atoms with E-state index in [1.165, 1.54) is 0 Å². The van der Waals surface area contributed by atoms with Crippen molar-refractivity contribution in [1.29, 1.82) is 0 Å². The first kappa shape index (κ1) is 12.0. The number of hydrogen-bond donors (Lipinski definition) is 0. The van der Waals surface area contributed by atoms with Gasteiger partial charge in [-0.25, -0.2) is 0 Å². The number of carboxylic acids is 2. The highest BCUT2D eigenvalue weighted by atomic mass is 19.4. The molecule has 5 nitrogen and oxygen atoms in total. The summed E-state index contributed by atoms with van der Waals surface area (Å²) >= 11 is 0. The lowest BCUT2D eigenvalue weighted by molar-refractivity contribution is -0.255. The molecule has 0 aliphatic rings. The molecule has 1 heterocycles. The normalized spacial score (nSPS) is 11.2. The van der Waals surface area contributed by atoms with Crippen molar-refractivity contribution in [2.45, 2.75) is 6.18 Å². The molecule has 1 aromatic heterocycles. The van der Waals surface area contributed by atoms with Gasteiger partial charge in [0.2, 0.25) is 0 Å². The Morgan fingerprint density at radius 2 is 1.75 bits per heavy atom. The summed E-state index contributed by atoms with van der Waals surface area (Å²) in [6, 6.07) is 0.292. The number of halogens is 3. The number of carbonyl (C=O) groups is 2. The quantitative estimate of drug-likeness (QED) is 0.641. The third kappa shape index (κ3) is 2.27. The maximum Gasteiger partial charge on any atom is 0.433 e. The standard InChI is InChI=1S/C8H4F3NO4/c9-8(10,11)5-4(7(15)16)1-3(2-12-5)6(13)14/h1-2H,(H,13,14)(H,15,16)/p-2. The summed E-state index contributed by atoms with van der Waals surface area (Å²) < 4.78 is 36.7. The Morgan fingerprint density at radius 3 is 2.12 bits per heavy atom. The summed E-state index contributed by atoms with van der Waals surface area (Å²) in [5.41, 5.74) is -3.82. The fraction of sp³-hybridized carbons (Fsp3) is 0.125. The Kier molecular flexibility index (Phi) is 2.84. The molecule has 0 aliphatic carbocycles. The summed E-state index contributed by atoms with van der Waals surface area (Å²) in [4.78, 5) is 23.4. The number of hydrogen-bond acceptors (Lipinski definition) is 5. The first-order valence-electron chi connectivity index (χ1n) is 3.73. The predicted octanol–water partition coefficient (Wildman–Crippen LogP) is -1.17. The maximum absolute atomic E-state index is 12.2. The molecule has 1 aromatic rings. The van der Waals surface area contributed by atoms with E-state index in [2.05, 4.69) is 4.98 Å². The van der Waals surface area contributed by atoms with E-state index >= 15 is 0 Å². The molecule has 0 bridgehead atoms. The summed E-state index contributed by atoms with van der Waals surface area (Å²) in [6.07, 6.45) is -4.63. The van der Waals surface area contributed by atoms with Crippen molar-refractivity contribution < 1.29 is 33.0 Å². The minimum atomic E-state index is -5.00. The topological polar surface area (TPSA) is 93.2 Å². The van der Waals surface area contributed by atoms with Crippen molar-refractivity contribution in [2.75, 3.05) is 0 Å². The van der Waals surface area contributed by atoms with Gasteiger partial charge in [-0.2, -0.15) is 13.2 Å². The molecule has 0 amide bonds. The first-order chi connectivity index (χ1) is 7.23. The number of pyridine rings is 1. The zero-order valence-electron chi connectivity index (χ0n) is 7.37. The average molecular weight is 233 g/mol. The minimum absolute atomic E-state index is 0.292. The van der Waals surface area contributed by atoms with Crippen LogP contribution in [-0.4, -0.2) is 16.9 Å². The highest BCUT2D eigenvalue weighted by molar-refractivity contribution is 5.92. The second kappa shape index (κ2) is 3.80. The van der Waals surface area contributed by atoms with Gasteiger partial charge in [0.25, 0.3) is 0 Å². The van der Waals surface area contributed by atoms with Crippen molar-refractivity contribution >= 4 is 11.9 Å². The number of carboxylic acid groups (broad SMARTS) is 2. The van der Waals surface area contributed by atoms with Crippen LogP contribution in [0, 0.1) is 0 Å². The van der Waals surface area contributed by atoms with Crippen LogP contribution in [0.5, 0.6) is 0 Å². The van der Waals surface area contributed by atoms with Gasteiger partial charge >= 0.3 is 6.18 Å². The Balaban J connectivity index is 3.43. The Hall–Kier alpha value is -2.12. The van der Waals surface area contributed by atoms with Crippen LogP contribution in [0.4, 0.5) is 13.2 Å². The number of alkyl halides is 3. The molecule has 0 saturated heterocycles. The SMILES string of the molecule is O=C([O-])c1cnc(C(F)(F)F)c(C(=O)[O-])c1. The highest BCUT2D eigenvalue weighted by Crippen LogP contribution is 2.30. The number of nitrogens with zero attached hydrogens (tertiary/aromatic N) is 1. The summed E-state index contributed by atoms with van der Waals surface area (Å²) in [7, 11) is 0. The van der Waals surface area contributed by atoms with E-state index in [4.69, 9.17) is 0 Å². The lowest BCUT2D eigenvalue weighted by atomic mass is 10.1. The van der Waals surface area contributed by atoms with Crippen LogP contribution in [0.25, 0.3) is 0 Å². The molecule has 0 saturated carbocycles. The molecule has 86 valence electrons. The van der Waals surface area contributed by atoms with E-state index < -0.39 is 34.9 Å². The van der Waals surface area contributed by atoms with Gasteiger partial charge in [-0.1, -0.05) is 0 Å². The molecule has 16 heavy (non-hydrogen) atoms. The fourth-order valence-electron chi connectivity index (χ4n) is 0.958. The highest BCUT2D eigenvalue weighted by Gasteiger charge is 2.35. The van der Waals surface area contributed by atoms with Gasteiger partial charge in [0.15, 0.2) is 5.69 Å². The maximum atomic E-state index is 12.2. The molecule has 0 aromatic carbocycles. The van der Waals surface area contributed by atoms with Crippen LogP contribution >= 0.6 is 0 Å². The van der Waals surface area contributed by atoms with Gasteiger partial charge in [0.1, 0.15) is 0 Å². The van der Waals surface area contributed by atoms with E-state index in [0.717, 1.165) is 0 Å². The fourth-order valence-corrected chi connectivity index (χ4v) is 0.958. The van der Waals surface area contributed by atoms with Crippen molar-refractivity contribution in [3.63, 3.8) is 0 Å². The monoisotopic (exact) mass is 233 g/mol. The van der Waals surface area contributed by atoms with Crippen LogP contribution < -0.4 is 10.2 Å². The number of rotatable bonds is 2. The first-order valence-corrected chi connectivity index (χ1v) is 3.73. The van der Waals surface area contributed by atoms with E-state index in [9.17, 15) is 33.0 Å². The molecule has 1 rings (SSSR count). The minimum Gasteiger partial charge on any atom is -0.545 e. The average Bonchev–Trinajstić information content (AvgIpc) is 2.15. The molecular formula is C8H2F3NO4-2. The zero-order valence-corrected chi connectivity index (χ0v) is 7.37. The summed E-state index contributed by atoms with van der Waals surface area (Å²) in [5, 5.41) is 20.7. The third-order valence-corrected chi connectivity index (χ3v) is 1.61. The summed E-state index contributed by atoms with van der Waals surface area (Å²) in [5.74, 6) is -3.99. The lowest BCUT2D eigenvalue weighted by Crippen LogP contribution is -2.29. The molecule has 0 N–H and O–H groups in total. The third-order valence-electron chi connectivity index (χ3n) is 1.61. The van der Waals surface area contributed by atoms with E-state index in [0.29, 0.717) is 12.3 Å². The van der Waals surface area contributed by atoms with Crippen LogP contribution in [0.2, 0.25) is 0 Å². The molecule has 0 aliphatic heterocycles. The van der Waals surface area contributed by atoms with Crippen molar-refractivity contribution in [1.82, 2.24) is 4.98 Å². The molecule has 0 fully saturated rings. The Labute approximate surface area is 86.2 Å². The molecule has 8 heteroatoms. The number of carbonyl (C=O) groups excluding carboxylic acids is 2. The predicted molar refractivity (Wildman–Crippen MR) is 37.9 cm³/mol. The largest absolute Gasteiger partial charge is 0.545 e. The van der Waals surface area contributed by atoms with Crippen LogP contribution in [-0.2, 0) is 6.18 Å². The second-order valence-corrected chi connectivity index (χ2v) is 2.69. The van der Waals surface area contributed by atoms with E-state index in [-0.39, 0.29) is 0 Å². The molecule has 0 atom stereocenters. The van der Waals surface area contributed by atoms with Crippen molar-refractivity contribution in [3.8, 4) is 0 Å². The Bertz CT molecular complexity index is 455. The van der Waals surface area contributed by atoms with Crippen molar-refractivity contribution in [2.24, 2.45) is 0 Å². The molecule has 0 spiro atoms. The van der Waals surface area contributed by atoms with Gasteiger partial charge in [-0.3, -0.25) is 4.98 Å². The zero-order chi connectivity index (χ0) is 12.5. The molecular weight excluding hydrogens is 231 g/mol. The number of aromatic carboxylic acids is 2. The van der Waals surface area contributed by atoms with Crippen LogP contribution in [0.3, 0.4) is 0 Å². The van der Waals surface area contributed by atoms with E-state index in [1.807, 2.05) is 0 Å². The van der Waals surface area contributed by atoms with Gasteiger partial charge in [-0.05, 0) is 6.07 Å². The van der Waals surface area contributed by atoms with Crippen molar-refractivity contribution in [3.05, 3.63) is 29.1 Å². The summed E-state index contributed by atoms with van der Waals surface area (Å²) in [6.45, 7) is 0. The van der Waals surface area contributed by atoms with Crippen LogP contribution in [0.1, 0.15) is 26.4 Å². The smallest absolute Gasteiger partial charge is 0.433 e. The number of aromatic nitrogens is 1. The Morgan fingerprint density at radius 1 is 1.19 bits per heavy atom. The molecule has 0 radical (unpaired) electrons. The van der Waals surface area contributed by atoms with Gasteiger partial charge in [-0.15, -0.1) is 0 Å². The van der Waals surface area contributed by atoms with Crippen LogP contribution in [0.15, 0.2) is 12.3 Å². The lowest BCUT2D eigenvalue weighted by Gasteiger charge is -2.13. The van der Waals surface area contributed by atoms with Gasteiger partial charge in [0.05, 0.1) is 11.9 Å². The molecule has 0 unspecified atom stereocenters.